The van der Waals surface area contributed by atoms with Gasteiger partial charge in [-0.05, 0) is 18.6 Å². The van der Waals surface area contributed by atoms with Crippen molar-refractivity contribution in [3.05, 3.63) is 24.3 Å². The normalized spacial score (nSPS) is 18.1. The number of H-pyrrole nitrogens is 1. The summed E-state index contributed by atoms with van der Waals surface area (Å²) < 4.78 is 0. The number of nitrogens with zero attached hydrogens (tertiary/aromatic N) is 2. The maximum atomic E-state index is 12.3. The van der Waals surface area contributed by atoms with Crippen LogP contribution in [0.2, 0.25) is 0 Å². The van der Waals surface area contributed by atoms with Crippen molar-refractivity contribution in [1.82, 2.24) is 15.5 Å². The van der Waals surface area contributed by atoms with Crippen LogP contribution in [-0.2, 0) is 9.59 Å². The molecule has 2 amide bonds. The molecule has 6 heteroatoms. The van der Waals surface area contributed by atoms with E-state index in [1.165, 1.54) is 0 Å². The van der Waals surface area contributed by atoms with E-state index in [4.69, 9.17) is 0 Å². The molecule has 1 atom stereocenters. The predicted octanol–water partition coefficient (Wildman–Crippen LogP) is 1.83. The molecule has 1 aromatic carbocycles. The van der Waals surface area contributed by atoms with Gasteiger partial charge in [0, 0.05) is 24.9 Å². The summed E-state index contributed by atoms with van der Waals surface area (Å²) in [6, 6.07) is 7.67. The first-order valence-corrected chi connectivity index (χ1v) is 7.72. The first-order valence-electron chi connectivity index (χ1n) is 7.72. The predicted molar refractivity (Wildman–Crippen MR) is 84.5 cm³/mol. The van der Waals surface area contributed by atoms with Gasteiger partial charge in [0.1, 0.15) is 0 Å². The molecule has 116 valence electrons. The summed E-state index contributed by atoms with van der Waals surface area (Å²) >= 11 is 0. The molecule has 22 heavy (non-hydrogen) atoms. The molecule has 1 aliphatic rings. The molecule has 1 unspecified atom stereocenters. The number of hydrogen-bond donors (Lipinski definition) is 2. The minimum atomic E-state index is -0.292. The molecular formula is C16H20N4O2. The van der Waals surface area contributed by atoms with E-state index in [2.05, 4.69) is 22.4 Å². The highest BCUT2D eigenvalue weighted by Gasteiger charge is 2.36. The lowest BCUT2D eigenvalue weighted by atomic mass is 10.1. The Morgan fingerprint density at radius 1 is 1.45 bits per heavy atom. The third kappa shape index (κ3) is 2.68. The molecule has 1 aromatic heterocycles. The Morgan fingerprint density at radius 3 is 3.09 bits per heavy atom. The minimum Gasteiger partial charge on any atom is -0.356 e. The van der Waals surface area contributed by atoms with Gasteiger partial charge in [0.25, 0.3) is 0 Å². The summed E-state index contributed by atoms with van der Waals surface area (Å²) in [5.41, 5.74) is 0.890. The monoisotopic (exact) mass is 300 g/mol. The molecule has 2 N–H and O–H groups in total. The SMILES string of the molecule is CCCCNC(=O)C1CC(=O)N(c2n[nH]c3ccccc23)C1. The molecule has 0 bridgehead atoms. The fourth-order valence-electron chi connectivity index (χ4n) is 2.78. The van der Waals surface area contributed by atoms with Crippen LogP contribution in [0.15, 0.2) is 24.3 Å². The molecule has 0 aliphatic carbocycles. The Labute approximate surface area is 128 Å². The van der Waals surface area contributed by atoms with Crippen LogP contribution < -0.4 is 10.2 Å². The fourth-order valence-corrected chi connectivity index (χ4v) is 2.78. The lowest BCUT2D eigenvalue weighted by Gasteiger charge is -2.14. The van der Waals surface area contributed by atoms with Gasteiger partial charge in [0.05, 0.1) is 11.4 Å². The first kappa shape index (κ1) is 14.6. The van der Waals surface area contributed by atoms with Crippen molar-refractivity contribution in [3.63, 3.8) is 0 Å². The van der Waals surface area contributed by atoms with E-state index in [0.29, 0.717) is 18.9 Å². The van der Waals surface area contributed by atoms with E-state index < -0.39 is 0 Å². The molecule has 1 fully saturated rings. The highest BCUT2D eigenvalue weighted by Crippen LogP contribution is 2.29. The van der Waals surface area contributed by atoms with E-state index >= 15 is 0 Å². The summed E-state index contributed by atoms with van der Waals surface area (Å²) in [5, 5.41) is 11.0. The Kier molecular flexibility index (Phi) is 4.09. The van der Waals surface area contributed by atoms with E-state index in [0.717, 1.165) is 23.7 Å². The summed E-state index contributed by atoms with van der Waals surface area (Å²) in [4.78, 5) is 26.0. The number of hydrogen-bond acceptors (Lipinski definition) is 3. The average molecular weight is 300 g/mol. The lowest BCUT2D eigenvalue weighted by molar-refractivity contribution is -0.126. The molecule has 0 radical (unpaired) electrons. The number of unbranched alkanes of at least 4 members (excludes halogenated alkanes) is 1. The largest absolute Gasteiger partial charge is 0.356 e. The van der Waals surface area contributed by atoms with Crippen molar-refractivity contribution in [2.24, 2.45) is 5.92 Å². The molecule has 3 rings (SSSR count). The van der Waals surface area contributed by atoms with Crippen molar-refractivity contribution >= 4 is 28.5 Å². The van der Waals surface area contributed by atoms with Gasteiger partial charge < -0.3 is 5.32 Å². The van der Waals surface area contributed by atoms with Gasteiger partial charge in [0.2, 0.25) is 11.8 Å². The van der Waals surface area contributed by atoms with E-state index in [-0.39, 0.29) is 24.2 Å². The van der Waals surface area contributed by atoms with Crippen molar-refractivity contribution in [2.45, 2.75) is 26.2 Å². The van der Waals surface area contributed by atoms with Gasteiger partial charge in [-0.25, -0.2) is 0 Å². The van der Waals surface area contributed by atoms with E-state index in [9.17, 15) is 9.59 Å². The van der Waals surface area contributed by atoms with Crippen LogP contribution in [0.3, 0.4) is 0 Å². The number of rotatable bonds is 5. The Morgan fingerprint density at radius 2 is 2.27 bits per heavy atom. The van der Waals surface area contributed by atoms with Crippen LogP contribution in [0.1, 0.15) is 26.2 Å². The number of carbonyl (C=O) groups excluding carboxylic acids is 2. The van der Waals surface area contributed by atoms with Crippen LogP contribution in [0.5, 0.6) is 0 Å². The number of aromatic nitrogens is 2. The molecule has 0 spiro atoms. The van der Waals surface area contributed by atoms with Crippen molar-refractivity contribution in [1.29, 1.82) is 0 Å². The van der Waals surface area contributed by atoms with Crippen LogP contribution in [0.25, 0.3) is 10.9 Å². The Bertz CT molecular complexity index is 694. The topological polar surface area (TPSA) is 78.1 Å². The number of nitrogens with one attached hydrogen (secondary N) is 2. The second-order valence-corrected chi connectivity index (χ2v) is 5.64. The van der Waals surface area contributed by atoms with Crippen molar-refractivity contribution in [3.8, 4) is 0 Å². The van der Waals surface area contributed by atoms with Gasteiger partial charge in [-0.15, -0.1) is 0 Å². The summed E-state index contributed by atoms with van der Waals surface area (Å²) in [7, 11) is 0. The average Bonchev–Trinajstić information content (AvgIpc) is 3.10. The quantitative estimate of drug-likeness (QED) is 0.827. The van der Waals surface area contributed by atoms with Gasteiger partial charge in [-0.1, -0.05) is 25.5 Å². The number of carbonyl (C=O) groups is 2. The van der Waals surface area contributed by atoms with Gasteiger partial charge >= 0.3 is 0 Å². The van der Waals surface area contributed by atoms with Crippen molar-refractivity contribution < 1.29 is 9.59 Å². The zero-order valence-electron chi connectivity index (χ0n) is 12.6. The highest BCUT2D eigenvalue weighted by atomic mass is 16.2. The lowest BCUT2D eigenvalue weighted by Crippen LogP contribution is -2.33. The van der Waals surface area contributed by atoms with Crippen LogP contribution in [0, 0.1) is 5.92 Å². The molecule has 0 saturated carbocycles. The maximum Gasteiger partial charge on any atom is 0.229 e. The number of fused-ring (bicyclic) bond motifs is 1. The smallest absolute Gasteiger partial charge is 0.229 e. The summed E-state index contributed by atoms with van der Waals surface area (Å²) in [5.74, 6) is 0.237. The fraction of sp³-hybridized carbons (Fsp3) is 0.438. The van der Waals surface area contributed by atoms with E-state index in [1.807, 2.05) is 24.3 Å². The Balaban J connectivity index is 1.73. The van der Waals surface area contributed by atoms with Crippen molar-refractivity contribution in [2.75, 3.05) is 18.0 Å². The first-order chi connectivity index (χ1) is 10.7. The third-order valence-corrected chi connectivity index (χ3v) is 4.03. The molecular weight excluding hydrogens is 280 g/mol. The molecule has 2 aromatic rings. The zero-order chi connectivity index (χ0) is 15.5. The van der Waals surface area contributed by atoms with Gasteiger partial charge in [0.15, 0.2) is 5.82 Å². The van der Waals surface area contributed by atoms with Crippen LogP contribution >= 0.6 is 0 Å². The number of amides is 2. The zero-order valence-corrected chi connectivity index (χ0v) is 12.6. The highest BCUT2D eigenvalue weighted by molar-refractivity contribution is 6.05. The van der Waals surface area contributed by atoms with Gasteiger partial charge in [-0.2, -0.15) is 5.10 Å². The number of para-hydroxylation sites is 1. The number of aromatic amines is 1. The van der Waals surface area contributed by atoms with Crippen LogP contribution in [-0.4, -0.2) is 35.1 Å². The molecule has 2 heterocycles. The third-order valence-electron chi connectivity index (χ3n) is 4.03. The molecule has 1 saturated heterocycles. The van der Waals surface area contributed by atoms with E-state index in [1.54, 1.807) is 4.90 Å². The summed E-state index contributed by atoms with van der Waals surface area (Å²) in [6.07, 6.45) is 2.24. The maximum absolute atomic E-state index is 12.3. The Hall–Kier alpha value is -2.37. The molecule has 1 aliphatic heterocycles. The second kappa shape index (κ2) is 6.17. The van der Waals surface area contributed by atoms with Crippen LogP contribution in [0.4, 0.5) is 5.82 Å². The number of benzene rings is 1. The van der Waals surface area contributed by atoms with Gasteiger partial charge in [-0.3, -0.25) is 19.6 Å². The standard InChI is InChI=1S/C16H20N4O2/c1-2-3-8-17-16(22)11-9-14(21)20(10-11)15-12-6-4-5-7-13(12)18-19-15/h4-7,11H,2-3,8-10H2,1H3,(H,17,22)(H,18,19). The molecule has 6 nitrogen and oxygen atoms in total. The summed E-state index contributed by atoms with van der Waals surface area (Å²) in [6.45, 7) is 3.15. The second-order valence-electron chi connectivity index (χ2n) is 5.64. The number of anilines is 1. The minimum absolute atomic E-state index is 0.0378.